The molecule has 0 fully saturated rings. The maximum Gasteiger partial charge on any atom is 0.325 e. The van der Waals surface area contributed by atoms with E-state index < -0.39 is 0 Å². The van der Waals surface area contributed by atoms with Gasteiger partial charge >= 0.3 is 5.97 Å². The summed E-state index contributed by atoms with van der Waals surface area (Å²) in [6.45, 7) is 4.97. The van der Waals surface area contributed by atoms with Crippen molar-refractivity contribution in [1.29, 1.82) is 0 Å². The Hall–Kier alpha value is -1.52. The van der Waals surface area contributed by atoms with Crippen LogP contribution in [0.3, 0.4) is 0 Å². The number of nitrogens with one attached hydrogen (secondary N) is 1. The summed E-state index contributed by atoms with van der Waals surface area (Å²) in [5.74, 6) is -0.284. The van der Waals surface area contributed by atoms with Gasteiger partial charge in [0.15, 0.2) is 0 Å². The fraction of sp³-hybridized carbons (Fsp3) is 0.556. The molecule has 78 valence electrons. The van der Waals surface area contributed by atoms with Crippen LogP contribution in [0.15, 0.2) is 6.20 Å². The Balaban J connectivity index is 2.59. The van der Waals surface area contributed by atoms with Gasteiger partial charge in [0.1, 0.15) is 6.54 Å². The highest BCUT2D eigenvalue weighted by atomic mass is 16.5. The van der Waals surface area contributed by atoms with Crippen LogP contribution in [0.2, 0.25) is 0 Å². The molecule has 0 spiro atoms. The number of hydrogen-bond acceptors (Lipinski definition) is 4. The molecule has 5 nitrogen and oxygen atoms in total. The average Bonchev–Trinajstić information content (AvgIpc) is 2.56. The lowest BCUT2D eigenvalue weighted by Gasteiger charge is -2.04. The SMILES string of the molecule is CCn1ncc(NCC(=O)OC)c1C. The first kappa shape index (κ1) is 10.6. The average molecular weight is 197 g/mol. The highest BCUT2D eigenvalue weighted by Crippen LogP contribution is 2.12. The summed E-state index contributed by atoms with van der Waals surface area (Å²) in [6.07, 6.45) is 1.71. The van der Waals surface area contributed by atoms with E-state index in [1.54, 1.807) is 6.20 Å². The van der Waals surface area contributed by atoms with E-state index in [4.69, 9.17) is 0 Å². The largest absolute Gasteiger partial charge is 0.468 e. The molecule has 0 radical (unpaired) electrons. The highest BCUT2D eigenvalue weighted by molar-refractivity contribution is 5.74. The second-order valence-electron chi connectivity index (χ2n) is 2.89. The van der Waals surface area contributed by atoms with Crippen molar-refractivity contribution < 1.29 is 9.53 Å². The van der Waals surface area contributed by atoms with Crippen LogP contribution in [0.5, 0.6) is 0 Å². The van der Waals surface area contributed by atoms with Crippen molar-refractivity contribution in [3.05, 3.63) is 11.9 Å². The van der Waals surface area contributed by atoms with Gasteiger partial charge < -0.3 is 10.1 Å². The minimum atomic E-state index is -0.284. The molecule has 0 saturated carbocycles. The van der Waals surface area contributed by atoms with Crippen LogP contribution in [0.4, 0.5) is 5.69 Å². The molecule has 5 heteroatoms. The van der Waals surface area contributed by atoms with Gasteiger partial charge in [-0.2, -0.15) is 5.10 Å². The lowest BCUT2D eigenvalue weighted by Crippen LogP contribution is -2.15. The minimum Gasteiger partial charge on any atom is -0.468 e. The fourth-order valence-electron chi connectivity index (χ4n) is 1.18. The zero-order valence-corrected chi connectivity index (χ0v) is 8.70. The second kappa shape index (κ2) is 4.64. The molecule has 0 atom stereocenters. The summed E-state index contributed by atoms with van der Waals surface area (Å²) < 4.78 is 6.38. The Morgan fingerprint density at radius 2 is 2.43 bits per heavy atom. The van der Waals surface area contributed by atoms with E-state index in [1.165, 1.54) is 7.11 Å². The van der Waals surface area contributed by atoms with Crippen molar-refractivity contribution in [2.45, 2.75) is 20.4 Å². The first-order chi connectivity index (χ1) is 6.69. The number of rotatable bonds is 4. The number of hydrogen-bond donors (Lipinski definition) is 1. The van der Waals surface area contributed by atoms with Gasteiger partial charge in [-0.1, -0.05) is 0 Å². The predicted octanol–water partition coefficient (Wildman–Crippen LogP) is 0.796. The Morgan fingerprint density at radius 3 is 2.93 bits per heavy atom. The minimum absolute atomic E-state index is 0.173. The molecule has 1 aromatic heterocycles. The molecule has 1 heterocycles. The molecular formula is C9H15N3O2. The van der Waals surface area contributed by atoms with E-state index in [-0.39, 0.29) is 12.5 Å². The number of ether oxygens (including phenoxy) is 1. The van der Waals surface area contributed by atoms with Gasteiger partial charge in [0.2, 0.25) is 0 Å². The van der Waals surface area contributed by atoms with Crippen molar-refractivity contribution in [2.24, 2.45) is 0 Å². The van der Waals surface area contributed by atoms with E-state index in [0.717, 1.165) is 17.9 Å². The second-order valence-corrected chi connectivity index (χ2v) is 2.89. The van der Waals surface area contributed by atoms with E-state index in [0.29, 0.717) is 0 Å². The topological polar surface area (TPSA) is 56.2 Å². The lowest BCUT2D eigenvalue weighted by atomic mass is 10.4. The Labute approximate surface area is 83.1 Å². The molecule has 0 aliphatic rings. The summed E-state index contributed by atoms with van der Waals surface area (Å²) in [4.78, 5) is 10.9. The molecule has 14 heavy (non-hydrogen) atoms. The van der Waals surface area contributed by atoms with E-state index in [1.807, 2.05) is 18.5 Å². The number of aromatic nitrogens is 2. The van der Waals surface area contributed by atoms with Crippen molar-refractivity contribution in [3.8, 4) is 0 Å². The third-order valence-corrected chi connectivity index (χ3v) is 2.05. The van der Waals surface area contributed by atoms with Crippen LogP contribution in [0.25, 0.3) is 0 Å². The van der Waals surface area contributed by atoms with Gasteiger partial charge in [0.05, 0.1) is 24.7 Å². The summed E-state index contributed by atoms with van der Waals surface area (Å²) in [5, 5.41) is 7.10. The predicted molar refractivity (Wildman–Crippen MR) is 53.1 cm³/mol. The standard InChI is InChI=1S/C9H15N3O2/c1-4-12-7(2)8(5-11-12)10-6-9(13)14-3/h5,10H,4,6H2,1-3H3. The normalized spacial score (nSPS) is 9.93. The Kier molecular flexibility index (Phi) is 3.50. The molecule has 0 unspecified atom stereocenters. The molecule has 1 rings (SSSR count). The molecule has 0 bridgehead atoms. The Morgan fingerprint density at radius 1 is 1.71 bits per heavy atom. The van der Waals surface area contributed by atoms with Gasteiger partial charge in [0.25, 0.3) is 0 Å². The number of esters is 1. The first-order valence-electron chi connectivity index (χ1n) is 4.52. The molecular weight excluding hydrogens is 182 g/mol. The van der Waals surface area contributed by atoms with Gasteiger partial charge in [-0.05, 0) is 13.8 Å². The number of carbonyl (C=O) groups excluding carboxylic acids is 1. The van der Waals surface area contributed by atoms with Crippen molar-refractivity contribution in [1.82, 2.24) is 9.78 Å². The zero-order chi connectivity index (χ0) is 10.6. The summed E-state index contributed by atoms with van der Waals surface area (Å²) in [5.41, 5.74) is 1.90. The number of aryl methyl sites for hydroxylation is 1. The summed E-state index contributed by atoms with van der Waals surface area (Å²) >= 11 is 0. The van der Waals surface area contributed by atoms with Crippen LogP contribution in [0, 0.1) is 6.92 Å². The maximum atomic E-state index is 10.9. The molecule has 1 aromatic rings. The lowest BCUT2D eigenvalue weighted by molar-refractivity contribution is -0.138. The number of anilines is 1. The van der Waals surface area contributed by atoms with Crippen molar-refractivity contribution in [3.63, 3.8) is 0 Å². The smallest absolute Gasteiger partial charge is 0.325 e. The third-order valence-electron chi connectivity index (χ3n) is 2.05. The molecule has 0 aliphatic heterocycles. The van der Waals surface area contributed by atoms with Gasteiger partial charge in [-0.25, -0.2) is 0 Å². The summed E-state index contributed by atoms with van der Waals surface area (Å²) in [7, 11) is 1.37. The van der Waals surface area contributed by atoms with Crippen molar-refractivity contribution in [2.75, 3.05) is 19.0 Å². The van der Waals surface area contributed by atoms with Crippen molar-refractivity contribution >= 4 is 11.7 Å². The van der Waals surface area contributed by atoms with Gasteiger partial charge in [-0.15, -0.1) is 0 Å². The summed E-state index contributed by atoms with van der Waals surface area (Å²) in [6, 6.07) is 0. The highest BCUT2D eigenvalue weighted by Gasteiger charge is 2.06. The Bertz CT molecular complexity index is 320. The first-order valence-corrected chi connectivity index (χ1v) is 4.52. The van der Waals surface area contributed by atoms with Crippen LogP contribution in [-0.4, -0.2) is 29.4 Å². The van der Waals surface area contributed by atoms with Crippen LogP contribution in [-0.2, 0) is 16.1 Å². The maximum absolute atomic E-state index is 10.9. The molecule has 0 aliphatic carbocycles. The molecule has 0 amide bonds. The van der Waals surface area contributed by atoms with Crippen LogP contribution >= 0.6 is 0 Å². The quantitative estimate of drug-likeness (QED) is 0.725. The zero-order valence-electron chi connectivity index (χ0n) is 8.70. The van der Waals surface area contributed by atoms with E-state index in [9.17, 15) is 4.79 Å². The monoisotopic (exact) mass is 197 g/mol. The fourth-order valence-corrected chi connectivity index (χ4v) is 1.18. The molecule has 0 aromatic carbocycles. The van der Waals surface area contributed by atoms with Crippen LogP contribution in [0.1, 0.15) is 12.6 Å². The molecule has 0 saturated heterocycles. The number of nitrogens with zero attached hydrogens (tertiary/aromatic N) is 2. The van der Waals surface area contributed by atoms with E-state index >= 15 is 0 Å². The van der Waals surface area contributed by atoms with Gasteiger partial charge in [0, 0.05) is 6.54 Å². The number of carbonyl (C=O) groups is 1. The van der Waals surface area contributed by atoms with Gasteiger partial charge in [-0.3, -0.25) is 9.48 Å². The molecule has 1 N–H and O–H groups in total. The number of methoxy groups -OCH3 is 1. The third kappa shape index (κ3) is 2.25. The van der Waals surface area contributed by atoms with Crippen LogP contribution < -0.4 is 5.32 Å². The van der Waals surface area contributed by atoms with E-state index in [2.05, 4.69) is 15.2 Å².